The van der Waals surface area contributed by atoms with Crippen LogP contribution in [0.1, 0.15) is 129 Å². The van der Waals surface area contributed by atoms with Gasteiger partial charge in [0.25, 0.3) is 0 Å². The summed E-state index contributed by atoms with van der Waals surface area (Å²) >= 11 is 0. The summed E-state index contributed by atoms with van der Waals surface area (Å²) in [6.45, 7) is 5.35. The summed E-state index contributed by atoms with van der Waals surface area (Å²) in [5.41, 5.74) is 0. The van der Waals surface area contributed by atoms with Crippen molar-refractivity contribution in [3.05, 3.63) is 12.2 Å². The molecule has 0 heterocycles. The lowest BCUT2D eigenvalue weighted by Crippen LogP contribution is -2.37. The third-order valence-electron chi connectivity index (χ3n) is 6.80. The summed E-state index contributed by atoms with van der Waals surface area (Å²) in [5, 5.41) is 0. The Morgan fingerprint density at radius 3 is 1.58 bits per heavy atom. The maximum atomic E-state index is 11.1. The van der Waals surface area contributed by atoms with Gasteiger partial charge in [0.05, 0.1) is 26.4 Å². The molecule has 0 aromatic heterocycles. The van der Waals surface area contributed by atoms with Crippen LogP contribution in [0.2, 0.25) is 0 Å². The topological polar surface area (TPSA) is 48.0 Å². The Hall–Kier alpha value is -0.910. The third kappa shape index (κ3) is 26.2. The molecule has 0 fully saturated rings. The number of nitrogens with zero attached hydrogens (tertiary/aromatic N) is 1. The number of hydrogen-bond acceptors (Lipinski definition) is 5. The molecule has 0 N–H and O–H groups in total. The average Bonchev–Trinajstić information content (AvgIpc) is 2.87. The quantitative estimate of drug-likeness (QED) is 0.0603. The SMILES string of the molecule is CCCCCCCC/C=C\CCCCCCCCOCC(COCCCCCCC(=O)OC)N(C)C. The second-order valence-electron chi connectivity index (χ2n) is 10.4. The highest BCUT2D eigenvalue weighted by molar-refractivity contribution is 5.68. The predicted molar refractivity (Wildman–Crippen MR) is 154 cm³/mol. The second-order valence-corrected chi connectivity index (χ2v) is 10.4. The molecule has 0 spiro atoms. The van der Waals surface area contributed by atoms with Crippen LogP contribution in [0, 0.1) is 0 Å². The highest BCUT2D eigenvalue weighted by Gasteiger charge is 2.11. The fraction of sp³-hybridized carbons (Fsp3) is 0.903. The van der Waals surface area contributed by atoms with E-state index in [2.05, 4.69) is 42.8 Å². The summed E-state index contributed by atoms with van der Waals surface area (Å²) in [7, 11) is 5.63. The number of unbranched alkanes of at least 4 members (excludes halogenated alkanes) is 15. The van der Waals surface area contributed by atoms with Gasteiger partial charge in [0.1, 0.15) is 0 Å². The molecule has 0 aromatic carbocycles. The van der Waals surface area contributed by atoms with Crippen LogP contribution in [0.4, 0.5) is 0 Å². The van der Waals surface area contributed by atoms with Crippen LogP contribution in [0.25, 0.3) is 0 Å². The number of likely N-dealkylation sites (N-methyl/N-ethyl adjacent to an activating group) is 1. The molecule has 36 heavy (non-hydrogen) atoms. The molecule has 0 rings (SSSR count). The number of methoxy groups -OCH3 is 1. The number of esters is 1. The fourth-order valence-electron chi connectivity index (χ4n) is 4.17. The number of carbonyl (C=O) groups is 1. The number of carbonyl (C=O) groups excluding carboxylic acids is 1. The molecule has 0 aliphatic heterocycles. The number of rotatable bonds is 28. The molecular formula is C31H61NO4. The molecule has 1 atom stereocenters. The van der Waals surface area contributed by atoms with Gasteiger partial charge < -0.3 is 19.1 Å². The summed E-state index contributed by atoms with van der Waals surface area (Å²) < 4.78 is 16.5. The number of ether oxygens (including phenoxy) is 3. The normalized spacial score (nSPS) is 12.6. The molecule has 0 saturated heterocycles. The van der Waals surface area contributed by atoms with Gasteiger partial charge in [-0.1, -0.05) is 89.7 Å². The standard InChI is InChI=1S/C31H61NO4/c1-5-6-7-8-9-10-11-12-13-14-15-16-17-18-20-23-26-35-28-30(32(2)3)29-36-27-24-21-19-22-25-31(33)34-4/h12-13,30H,5-11,14-29H2,1-4H3/b13-12-. The van der Waals surface area contributed by atoms with Crippen molar-refractivity contribution in [2.24, 2.45) is 0 Å². The minimum atomic E-state index is -0.114. The van der Waals surface area contributed by atoms with Crippen LogP contribution in [0.3, 0.4) is 0 Å². The highest BCUT2D eigenvalue weighted by atomic mass is 16.5. The second kappa shape index (κ2) is 28.7. The van der Waals surface area contributed by atoms with Crippen molar-refractivity contribution in [1.29, 1.82) is 0 Å². The maximum absolute atomic E-state index is 11.1. The first-order valence-electron chi connectivity index (χ1n) is 15.2. The van der Waals surface area contributed by atoms with E-state index in [1.54, 1.807) is 0 Å². The lowest BCUT2D eigenvalue weighted by molar-refractivity contribution is -0.140. The van der Waals surface area contributed by atoms with Gasteiger partial charge in [0.15, 0.2) is 0 Å². The molecule has 5 heteroatoms. The monoisotopic (exact) mass is 511 g/mol. The van der Waals surface area contributed by atoms with Crippen LogP contribution in [-0.2, 0) is 19.0 Å². The Kier molecular flexibility index (Phi) is 27.9. The Morgan fingerprint density at radius 2 is 1.11 bits per heavy atom. The van der Waals surface area contributed by atoms with E-state index >= 15 is 0 Å². The summed E-state index contributed by atoms with van der Waals surface area (Å²) in [4.78, 5) is 13.3. The summed E-state index contributed by atoms with van der Waals surface area (Å²) in [6.07, 6.45) is 28.1. The molecule has 0 radical (unpaired) electrons. The molecule has 0 saturated carbocycles. The van der Waals surface area contributed by atoms with Crippen molar-refractivity contribution in [3.8, 4) is 0 Å². The van der Waals surface area contributed by atoms with Gasteiger partial charge in [-0.2, -0.15) is 0 Å². The lowest BCUT2D eigenvalue weighted by Gasteiger charge is -2.24. The zero-order chi connectivity index (χ0) is 26.5. The minimum Gasteiger partial charge on any atom is -0.469 e. The summed E-state index contributed by atoms with van der Waals surface area (Å²) in [5.74, 6) is -0.114. The molecule has 214 valence electrons. The Bertz CT molecular complexity index is 481. The van der Waals surface area contributed by atoms with Crippen molar-refractivity contribution in [2.75, 3.05) is 47.6 Å². The van der Waals surface area contributed by atoms with Crippen LogP contribution in [-0.4, -0.2) is 64.5 Å². The Labute approximate surface area is 224 Å². The van der Waals surface area contributed by atoms with E-state index < -0.39 is 0 Å². The molecular weight excluding hydrogens is 450 g/mol. The number of allylic oxidation sites excluding steroid dienone is 2. The number of hydrogen-bond donors (Lipinski definition) is 0. The lowest BCUT2D eigenvalue weighted by atomic mass is 10.1. The highest BCUT2D eigenvalue weighted by Crippen LogP contribution is 2.10. The predicted octanol–water partition coefficient (Wildman–Crippen LogP) is 8.11. The van der Waals surface area contributed by atoms with Crippen molar-refractivity contribution in [3.63, 3.8) is 0 Å². The smallest absolute Gasteiger partial charge is 0.305 e. The molecule has 0 aliphatic rings. The van der Waals surface area contributed by atoms with Gasteiger partial charge in [0.2, 0.25) is 0 Å². The first-order valence-corrected chi connectivity index (χ1v) is 15.2. The van der Waals surface area contributed by atoms with Crippen molar-refractivity contribution in [2.45, 2.75) is 135 Å². The fourth-order valence-corrected chi connectivity index (χ4v) is 4.17. The zero-order valence-electron chi connectivity index (χ0n) is 24.6. The molecule has 1 unspecified atom stereocenters. The van der Waals surface area contributed by atoms with Crippen LogP contribution in [0.15, 0.2) is 12.2 Å². The van der Waals surface area contributed by atoms with E-state index in [9.17, 15) is 4.79 Å². The van der Waals surface area contributed by atoms with Gasteiger partial charge in [-0.3, -0.25) is 4.79 Å². The van der Waals surface area contributed by atoms with Gasteiger partial charge in [-0.15, -0.1) is 0 Å². The summed E-state index contributed by atoms with van der Waals surface area (Å²) in [6, 6.07) is 0.304. The first-order chi connectivity index (χ1) is 17.6. The molecule has 0 aliphatic carbocycles. The van der Waals surface area contributed by atoms with E-state index in [1.165, 1.54) is 90.6 Å². The largest absolute Gasteiger partial charge is 0.469 e. The maximum Gasteiger partial charge on any atom is 0.305 e. The van der Waals surface area contributed by atoms with Crippen LogP contribution >= 0.6 is 0 Å². The van der Waals surface area contributed by atoms with Gasteiger partial charge in [0, 0.05) is 19.6 Å². The Balaban J connectivity index is 3.44. The van der Waals surface area contributed by atoms with Crippen molar-refractivity contribution in [1.82, 2.24) is 4.90 Å². The van der Waals surface area contributed by atoms with E-state index in [0.29, 0.717) is 19.1 Å². The van der Waals surface area contributed by atoms with E-state index in [4.69, 9.17) is 9.47 Å². The average molecular weight is 512 g/mol. The third-order valence-corrected chi connectivity index (χ3v) is 6.80. The van der Waals surface area contributed by atoms with E-state index in [-0.39, 0.29) is 5.97 Å². The zero-order valence-corrected chi connectivity index (χ0v) is 24.6. The van der Waals surface area contributed by atoms with Crippen molar-refractivity contribution >= 4 is 5.97 Å². The first kappa shape index (κ1) is 35.1. The van der Waals surface area contributed by atoms with Crippen molar-refractivity contribution < 1.29 is 19.0 Å². The van der Waals surface area contributed by atoms with Gasteiger partial charge in [-0.05, 0) is 59.0 Å². The molecule has 0 amide bonds. The van der Waals surface area contributed by atoms with Crippen LogP contribution in [0.5, 0.6) is 0 Å². The molecule has 0 aromatic rings. The van der Waals surface area contributed by atoms with Gasteiger partial charge >= 0.3 is 5.97 Å². The van der Waals surface area contributed by atoms with Gasteiger partial charge in [-0.25, -0.2) is 0 Å². The van der Waals surface area contributed by atoms with Crippen LogP contribution < -0.4 is 0 Å². The Morgan fingerprint density at radius 1 is 0.667 bits per heavy atom. The van der Waals surface area contributed by atoms with E-state index in [1.807, 2.05) is 0 Å². The van der Waals surface area contributed by atoms with E-state index in [0.717, 1.165) is 51.9 Å². The molecule has 0 bridgehead atoms. The minimum absolute atomic E-state index is 0.114. The molecule has 5 nitrogen and oxygen atoms in total.